The molecule has 2 heterocycles. The Morgan fingerprint density at radius 2 is 1.42 bits per heavy atom. The molecule has 0 aromatic heterocycles. The number of anilines is 1. The summed E-state index contributed by atoms with van der Waals surface area (Å²) in [7, 11) is -4.24. The van der Waals surface area contributed by atoms with Crippen LogP contribution in [0.25, 0.3) is 21.5 Å². The van der Waals surface area contributed by atoms with Gasteiger partial charge in [0.1, 0.15) is 13.2 Å². The minimum atomic E-state index is -4.24. The average Bonchev–Trinajstić information content (AvgIpc) is 3.44. The van der Waals surface area contributed by atoms with Crippen molar-refractivity contribution in [3.8, 4) is 0 Å². The van der Waals surface area contributed by atoms with E-state index < -0.39 is 10.1 Å². The molecule has 8 heteroatoms. The third-order valence-corrected chi connectivity index (χ3v) is 10.8. The Kier molecular flexibility index (Phi) is 9.96. The Balaban J connectivity index is 1.26. The number of fused-ring (bicyclic) bond motifs is 6. The first kappa shape index (κ1) is 35.1. The maximum atomic E-state index is 11.2. The van der Waals surface area contributed by atoms with Crippen LogP contribution in [0.5, 0.6) is 0 Å². The highest BCUT2D eigenvalue weighted by Gasteiger charge is 2.45. The van der Waals surface area contributed by atoms with Crippen molar-refractivity contribution in [2.75, 3.05) is 30.3 Å². The van der Waals surface area contributed by atoms with E-state index in [-0.39, 0.29) is 16.6 Å². The third kappa shape index (κ3) is 6.82. The number of carbonyl (C=O) groups is 1. The minimum absolute atomic E-state index is 0.267. The predicted octanol–water partition coefficient (Wildman–Crippen LogP) is 8.22. The quantitative estimate of drug-likeness (QED) is 0.0463. The molecule has 0 fully saturated rings. The number of hydrogen-bond donors (Lipinski definition) is 0. The molecule has 7 nitrogen and oxygen atoms in total. The molecule has 4 aromatic rings. The zero-order valence-corrected chi connectivity index (χ0v) is 30.0. The van der Waals surface area contributed by atoms with Gasteiger partial charge in [0.15, 0.2) is 5.71 Å². The second-order valence-corrected chi connectivity index (χ2v) is 15.4. The van der Waals surface area contributed by atoms with Crippen LogP contribution in [0.1, 0.15) is 51.7 Å². The fraction of sp³-hybridized carbons (Fsp3) is 0.286. The van der Waals surface area contributed by atoms with Crippen LogP contribution in [0.3, 0.4) is 0 Å². The van der Waals surface area contributed by atoms with E-state index in [1.165, 1.54) is 32.7 Å². The lowest BCUT2D eigenvalue weighted by Crippen LogP contribution is -2.29. The second-order valence-electron chi connectivity index (χ2n) is 13.9. The maximum Gasteiger partial charge on any atom is 0.293 e. The van der Waals surface area contributed by atoms with Crippen molar-refractivity contribution in [3.05, 3.63) is 132 Å². The zero-order valence-electron chi connectivity index (χ0n) is 29.1. The molecule has 2 aliphatic heterocycles. The Morgan fingerprint density at radius 1 is 0.780 bits per heavy atom. The summed E-state index contributed by atoms with van der Waals surface area (Å²) in [6.07, 6.45) is 15.3. The Morgan fingerprint density at radius 3 is 2.12 bits per heavy atom. The summed E-state index contributed by atoms with van der Waals surface area (Å²) in [5.41, 5.74) is 6.45. The molecule has 0 aliphatic carbocycles. The summed E-state index contributed by atoms with van der Waals surface area (Å²) in [4.78, 5) is 13.2. The molecule has 2 aliphatic rings. The van der Waals surface area contributed by atoms with E-state index in [4.69, 9.17) is 4.74 Å². The molecule has 50 heavy (non-hydrogen) atoms. The van der Waals surface area contributed by atoms with Crippen LogP contribution in [0.2, 0.25) is 0 Å². The van der Waals surface area contributed by atoms with Crippen LogP contribution in [0.4, 0.5) is 11.4 Å². The SMILES string of the molecule is CC1(C)C(/C=C/C=C/C=C/C=C2/N(CCOC=O)c3ccc4ccccc4c3C2(C)C)=[N+](CCCCS(=O)(=O)[O-])c2ccc3ccccc3c21. The average molecular weight is 689 g/mol. The first-order valence-corrected chi connectivity index (χ1v) is 18.7. The molecular weight excluding hydrogens is 645 g/mol. The molecule has 0 saturated heterocycles. The first-order valence-electron chi connectivity index (χ1n) is 17.1. The number of hydrogen-bond acceptors (Lipinski definition) is 6. The van der Waals surface area contributed by atoms with Gasteiger partial charge in [-0.25, -0.2) is 8.42 Å². The molecule has 0 atom stereocenters. The normalized spacial score (nSPS) is 17.6. The van der Waals surface area contributed by atoms with Gasteiger partial charge in [-0.2, -0.15) is 4.58 Å². The van der Waals surface area contributed by atoms with Crippen LogP contribution in [-0.2, 0) is 30.5 Å². The van der Waals surface area contributed by atoms with Crippen LogP contribution < -0.4 is 4.90 Å². The molecular formula is C42H44N2O5S. The molecule has 258 valence electrons. The number of unbranched alkanes of at least 4 members (excludes halogenated alkanes) is 1. The molecule has 0 amide bonds. The van der Waals surface area contributed by atoms with Crippen molar-refractivity contribution in [1.82, 2.24) is 0 Å². The van der Waals surface area contributed by atoms with Gasteiger partial charge in [-0.3, -0.25) is 4.79 Å². The molecule has 0 saturated carbocycles. The number of allylic oxidation sites excluding steroid dienone is 8. The van der Waals surface area contributed by atoms with Crippen LogP contribution >= 0.6 is 0 Å². The van der Waals surface area contributed by atoms with Crippen LogP contribution in [0, 0.1) is 0 Å². The van der Waals surface area contributed by atoms with Crippen molar-refractivity contribution < 1.29 is 27.1 Å². The summed E-state index contributed by atoms with van der Waals surface area (Å²) in [5.74, 6) is -0.352. The second kappa shape index (κ2) is 14.2. The van der Waals surface area contributed by atoms with Gasteiger partial charge in [-0.05, 0) is 65.6 Å². The van der Waals surface area contributed by atoms with E-state index in [2.05, 4.69) is 116 Å². The monoisotopic (exact) mass is 688 g/mol. The van der Waals surface area contributed by atoms with Crippen molar-refractivity contribution in [2.24, 2.45) is 0 Å². The standard InChI is InChI=1S/C42H44N2O5S/c1-41(2)37(43(26-14-15-29-50(46,47)48)35-24-22-31-16-10-12-18-33(31)39(35)41)20-8-6-5-7-9-21-38-42(3,4)40-34-19-13-11-17-32(34)23-25-36(40)44(38)27-28-49-30-45/h5-13,16-25,30H,14-15,26-29H2,1-4H3. The number of ether oxygens (including phenoxy) is 1. The summed E-state index contributed by atoms with van der Waals surface area (Å²) < 4.78 is 41.1. The van der Waals surface area contributed by atoms with Gasteiger partial charge in [0.25, 0.3) is 6.47 Å². The fourth-order valence-corrected chi connectivity index (χ4v) is 8.34. The molecule has 4 aromatic carbocycles. The van der Waals surface area contributed by atoms with Crippen LogP contribution in [0.15, 0.2) is 121 Å². The number of carbonyl (C=O) groups excluding carboxylic acids is 1. The Labute approximate surface area is 295 Å². The van der Waals surface area contributed by atoms with Crippen molar-refractivity contribution in [2.45, 2.75) is 51.4 Å². The van der Waals surface area contributed by atoms with Crippen molar-refractivity contribution in [3.63, 3.8) is 0 Å². The lowest BCUT2D eigenvalue weighted by Gasteiger charge is -2.26. The summed E-state index contributed by atoms with van der Waals surface area (Å²) in [5, 5.41) is 4.80. The molecule has 0 radical (unpaired) electrons. The number of benzene rings is 4. The highest BCUT2D eigenvalue weighted by molar-refractivity contribution is 7.85. The van der Waals surface area contributed by atoms with Gasteiger partial charge in [-0.15, -0.1) is 0 Å². The van der Waals surface area contributed by atoms with E-state index in [1.807, 2.05) is 36.4 Å². The van der Waals surface area contributed by atoms with Crippen molar-refractivity contribution in [1.29, 1.82) is 0 Å². The van der Waals surface area contributed by atoms with E-state index in [1.54, 1.807) is 0 Å². The molecule has 0 bridgehead atoms. The van der Waals surface area contributed by atoms with E-state index in [0.29, 0.717) is 39.0 Å². The predicted molar refractivity (Wildman–Crippen MR) is 202 cm³/mol. The summed E-state index contributed by atoms with van der Waals surface area (Å²) >= 11 is 0. The first-order chi connectivity index (χ1) is 23.9. The molecule has 6 rings (SSSR count). The van der Waals surface area contributed by atoms with Gasteiger partial charge < -0.3 is 14.2 Å². The zero-order chi connectivity index (χ0) is 35.5. The molecule has 0 N–H and O–H groups in total. The van der Waals surface area contributed by atoms with Crippen molar-refractivity contribution >= 4 is 55.2 Å². The fourth-order valence-electron chi connectivity index (χ4n) is 7.78. The van der Waals surface area contributed by atoms with Crippen LogP contribution in [-0.4, -0.2) is 55.2 Å². The summed E-state index contributed by atoms with van der Waals surface area (Å²) in [6.45, 7) is 10.9. The lowest BCUT2D eigenvalue weighted by molar-refractivity contribution is -0.438. The van der Waals surface area contributed by atoms with E-state index >= 15 is 0 Å². The van der Waals surface area contributed by atoms with E-state index in [0.717, 1.165) is 22.8 Å². The van der Waals surface area contributed by atoms with Gasteiger partial charge in [0.2, 0.25) is 5.69 Å². The van der Waals surface area contributed by atoms with E-state index in [9.17, 15) is 17.8 Å². The highest BCUT2D eigenvalue weighted by atomic mass is 32.2. The number of rotatable bonds is 13. The highest BCUT2D eigenvalue weighted by Crippen LogP contribution is 2.50. The maximum absolute atomic E-state index is 11.2. The molecule has 0 spiro atoms. The largest absolute Gasteiger partial charge is 0.748 e. The molecule has 0 unspecified atom stereocenters. The third-order valence-electron chi connectivity index (χ3n) is 9.99. The van der Waals surface area contributed by atoms with Gasteiger partial charge in [0.05, 0.1) is 22.1 Å². The Hall–Kier alpha value is -4.79. The topological polar surface area (TPSA) is 89.8 Å². The van der Waals surface area contributed by atoms with Gasteiger partial charge in [-0.1, -0.05) is 98.8 Å². The van der Waals surface area contributed by atoms with Gasteiger partial charge in [0, 0.05) is 46.7 Å². The Bertz CT molecular complexity index is 2210. The number of nitrogens with zero attached hydrogens (tertiary/aromatic N) is 2. The minimum Gasteiger partial charge on any atom is -0.748 e. The smallest absolute Gasteiger partial charge is 0.293 e. The van der Waals surface area contributed by atoms with Gasteiger partial charge >= 0.3 is 0 Å². The summed E-state index contributed by atoms with van der Waals surface area (Å²) in [6, 6.07) is 25.4. The lowest BCUT2D eigenvalue weighted by atomic mass is 9.79.